The van der Waals surface area contributed by atoms with Gasteiger partial charge in [-0.2, -0.15) is 0 Å². The first-order valence-corrected chi connectivity index (χ1v) is 5.52. The van der Waals surface area contributed by atoms with E-state index in [0.29, 0.717) is 16.7 Å². The first-order valence-electron chi connectivity index (χ1n) is 5.52. The van der Waals surface area contributed by atoms with E-state index in [1.807, 2.05) is 0 Å². The summed E-state index contributed by atoms with van der Waals surface area (Å²) in [5.41, 5.74) is -0.537. The van der Waals surface area contributed by atoms with Crippen molar-refractivity contribution in [3.63, 3.8) is 0 Å². The number of ether oxygens (including phenoxy) is 1. The lowest BCUT2D eigenvalue weighted by atomic mass is 10.2. The van der Waals surface area contributed by atoms with Gasteiger partial charge < -0.3 is 14.8 Å². The average molecular weight is 250 g/mol. The molecule has 0 bridgehead atoms. The van der Waals surface area contributed by atoms with E-state index in [1.165, 1.54) is 14.0 Å². The molecule has 96 valence electrons. The number of nitrogens with one attached hydrogen (secondary N) is 1. The van der Waals surface area contributed by atoms with Crippen molar-refractivity contribution in [2.75, 3.05) is 7.11 Å². The Morgan fingerprint density at radius 2 is 2.17 bits per heavy atom. The van der Waals surface area contributed by atoms with Crippen LogP contribution in [0.15, 0.2) is 27.8 Å². The molecule has 2 aromatic rings. The van der Waals surface area contributed by atoms with Crippen LogP contribution in [0.1, 0.15) is 6.92 Å². The molecule has 1 aromatic carbocycles. The average Bonchev–Trinajstić information content (AvgIpc) is 2.33. The van der Waals surface area contributed by atoms with Crippen molar-refractivity contribution in [3.8, 4) is 5.75 Å². The van der Waals surface area contributed by atoms with Gasteiger partial charge in [0.05, 0.1) is 30.7 Å². The Bertz CT molecular complexity index is 685. The maximum atomic E-state index is 12.1. The third-order valence-corrected chi connectivity index (χ3v) is 2.64. The van der Waals surface area contributed by atoms with Crippen LogP contribution < -0.4 is 16.0 Å². The second-order valence-electron chi connectivity index (χ2n) is 4.11. The lowest BCUT2D eigenvalue weighted by molar-refractivity contribution is 0.170. The number of benzene rings is 1. The van der Waals surface area contributed by atoms with E-state index in [9.17, 15) is 14.7 Å². The van der Waals surface area contributed by atoms with Gasteiger partial charge in [-0.1, -0.05) is 0 Å². The molecule has 0 saturated heterocycles. The lowest BCUT2D eigenvalue weighted by Gasteiger charge is -2.08. The minimum absolute atomic E-state index is 0.0316. The van der Waals surface area contributed by atoms with E-state index < -0.39 is 17.4 Å². The summed E-state index contributed by atoms with van der Waals surface area (Å²) in [7, 11) is 1.51. The number of rotatable bonds is 3. The summed E-state index contributed by atoms with van der Waals surface area (Å²) in [6, 6.07) is 4.82. The van der Waals surface area contributed by atoms with Crippen LogP contribution >= 0.6 is 0 Å². The highest BCUT2D eigenvalue weighted by molar-refractivity contribution is 5.78. The Kier molecular flexibility index (Phi) is 3.20. The first kappa shape index (κ1) is 12.4. The number of hydrogen-bond acceptors (Lipinski definition) is 4. The SMILES string of the molecule is COc1ccc2c(=O)n(CC(C)O)c(=O)[nH]c2c1. The second-order valence-corrected chi connectivity index (χ2v) is 4.11. The molecule has 1 aromatic heterocycles. The highest BCUT2D eigenvalue weighted by Crippen LogP contribution is 2.15. The number of methoxy groups -OCH3 is 1. The van der Waals surface area contributed by atoms with Crippen LogP contribution in [0.4, 0.5) is 0 Å². The molecule has 1 unspecified atom stereocenters. The molecule has 0 saturated carbocycles. The Balaban J connectivity index is 2.71. The molecule has 2 rings (SSSR count). The standard InChI is InChI=1S/C12H14N2O4/c1-7(15)6-14-11(16)9-4-3-8(18-2)5-10(9)13-12(14)17/h3-5,7,15H,6H2,1-2H3,(H,13,17). The number of aromatic nitrogens is 2. The summed E-state index contributed by atoms with van der Waals surface area (Å²) < 4.78 is 6.01. The maximum absolute atomic E-state index is 12.1. The van der Waals surface area contributed by atoms with Crippen LogP contribution in [0.3, 0.4) is 0 Å². The Morgan fingerprint density at radius 3 is 2.78 bits per heavy atom. The van der Waals surface area contributed by atoms with Crippen molar-refractivity contribution in [1.82, 2.24) is 9.55 Å². The van der Waals surface area contributed by atoms with Gasteiger partial charge in [0, 0.05) is 6.07 Å². The van der Waals surface area contributed by atoms with Crippen LogP contribution in [0.25, 0.3) is 10.9 Å². The van der Waals surface area contributed by atoms with Crippen molar-refractivity contribution in [1.29, 1.82) is 0 Å². The highest BCUT2D eigenvalue weighted by atomic mass is 16.5. The fourth-order valence-electron chi connectivity index (χ4n) is 1.79. The van der Waals surface area contributed by atoms with E-state index in [1.54, 1.807) is 18.2 Å². The lowest BCUT2D eigenvalue weighted by Crippen LogP contribution is -2.37. The van der Waals surface area contributed by atoms with Gasteiger partial charge in [-0.15, -0.1) is 0 Å². The first-order chi connectivity index (χ1) is 8.52. The molecule has 0 spiro atoms. The van der Waals surface area contributed by atoms with Crippen LogP contribution in [-0.2, 0) is 6.54 Å². The third kappa shape index (κ3) is 2.14. The zero-order valence-corrected chi connectivity index (χ0v) is 10.1. The number of aliphatic hydroxyl groups excluding tert-OH is 1. The smallest absolute Gasteiger partial charge is 0.328 e. The van der Waals surface area contributed by atoms with Gasteiger partial charge in [-0.05, 0) is 19.1 Å². The monoisotopic (exact) mass is 250 g/mol. The van der Waals surface area contributed by atoms with E-state index in [2.05, 4.69) is 4.98 Å². The summed E-state index contributed by atoms with van der Waals surface area (Å²) >= 11 is 0. The number of nitrogens with zero attached hydrogens (tertiary/aromatic N) is 1. The largest absolute Gasteiger partial charge is 0.497 e. The Labute approximate surface area is 102 Å². The number of H-pyrrole nitrogens is 1. The molecule has 18 heavy (non-hydrogen) atoms. The predicted octanol–water partition coefficient (Wildman–Crippen LogP) is 0.0792. The van der Waals surface area contributed by atoms with Crippen LogP contribution in [-0.4, -0.2) is 27.9 Å². The fourth-order valence-corrected chi connectivity index (χ4v) is 1.79. The van der Waals surface area contributed by atoms with Crippen LogP contribution in [0.5, 0.6) is 5.75 Å². The van der Waals surface area contributed by atoms with E-state index in [0.717, 1.165) is 4.57 Å². The molecule has 0 aliphatic heterocycles. The molecule has 0 fully saturated rings. The van der Waals surface area contributed by atoms with Crippen molar-refractivity contribution in [3.05, 3.63) is 39.0 Å². The molecule has 0 aliphatic rings. The summed E-state index contributed by atoms with van der Waals surface area (Å²) in [5, 5.41) is 9.66. The van der Waals surface area contributed by atoms with Gasteiger partial charge in [0.2, 0.25) is 0 Å². The summed E-state index contributed by atoms with van der Waals surface area (Å²) in [4.78, 5) is 26.4. The number of fused-ring (bicyclic) bond motifs is 1. The topological polar surface area (TPSA) is 84.3 Å². The van der Waals surface area contributed by atoms with Gasteiger partial charge in [-0.3, -0.25) is 9.36 Å². The Hall–Kier alpha value is -2.08. The van der Waals surface area contributed by atoms with Gasteiger partial charge in [-0.25, -0.2) is 4.79 Å². The molecule has 0 amide bonds. The van der Waals surface area contributed by atoms with Crippen molar-refractivity contribution >= 4 is 10.9 Å². The minimum atomic E-state index is -0.764. The summed E-state index contributed by atoms with van der Waals surface area (Å²) in [6.45, 7) is 1.49. The molecule has 1 heterocycles. The van der Waals surface area contributed by atoms with Crippen molar-refractivity contribution < 1.29 is 9.84 Å². The molecular formula is C12H14N2O4. The number of aromatic amines is 1. The maximum Gasteiger partial charge on any atom is 0.328 e. The molecule has 0 radical (unpaired) electrons. The molecule has 6 nitrogen and oxygen atoms in total. The molecular weight excluding hydrogens is 236 g/mol. The third-order valence-electron chi connectivity index (χ3n) is 2.64. The number of hydrogen-bond donors (Lipinski definition) is 2. The van der Waals surface area contributed by atoms with Gasteiger partial charge in [0.15, 0.2) is 0 Å². The van der Waals surface area contributed by atoms with E-state index >= 15 is 0 Å². The predicted molar refractivity (Wildman–Crippen MR) is 67.1 cm³/mol. The zero-order valence-electron chi connectivity index (χ0n) is 10.1. The number of aliphatic hydroxyl groups is 1. The quantitative estimate of drug-likeness (QED) is 0.808. The van der Waals surface area contributed by atoms with E-state index in [-0.39, 0.29) is 6.54 Å². The highest BCUT2D eigenvalue weighted by Gasteiger charge is 2.09. The normalized spacial score (nSPS) is 12.6. The summed E-state index contributed by atoms with van der Waals surface area (Å²) in [6.07, 6.45) is -0.764. The van der Waals surface area contributed by atoms with Gasteiger partial charge in [0.1, 0.15) is 5.75 Å². The molecule has 0 aliphatic carbocycles. The van der Waals surface area contributed by atoms with Gasteiger partial charge >= 0.3 is 5.69 Å². The second kappa shape index (κ2) is 4.66. The van der Waals surface area contributed by atoms with Gasteiger partial charge in [0.25, 0.3) is 5.56 Å². The van der Waals surface area contributed by atoms with Crippen molar-refractivity contribution in [2.45, 2.75) is 19.6 Å². The van der Waals surface area contributed by atoms with Crippen LogP contribution in [0.2, 0.25) is 0 Å². The summed E-state index contributed by atoms with van der Waals surface area (Å²) in [5.74, 6) is 0.561. The molecule has 1 atom stereocenters. The minimum Gasteiger partial charge on any atom is -0.497 e. The van der Waals surface area contributed by atoms with E-state index in [4.69, 9.17) is 4.74 Å². The zero-order chi connectivity index (χ0) is 13.3. The van der Waals surface area contributed by atoms with Crippen LogP contribution in [0, 0.1) is 0 Å². The Morgan fingerprint density at radius 1 is 1.44 bits per heavy atom. The fraction of sp³-hybridized carbons (Fsp3) is 0.333. The molecule has 6 heteroatoms. The molecule has 2 N–H and O–H groups in total. The van der Waals surface area contributed by atoms with Crippen molar-refractivity contribution in [2.24, 2.45) is 0 Å².